The first-order chi connectivity index (χ1) is 8.99. The third kappa shape index (κ3) is 2.79. The molecule has 0 atom stereocenters. The van der Waals surface area contributed by atoms with E-state index in [1.165, 1.54) is 0 Å². The summed E-state index contributed by atoms with van der Waals surface area (Å²) in [5.74, 6) is -0.0212. The van der Waals surface area contributed by atoms with Crippen LogP contribution in [0.2, 0.25) is 0 Å². The molecule has 2 N–H and O–H groups in total. The van der Waals surface area contributed by atoms with Gasteiger partial charge in [0.25, 0.3) is 0 Å². The molecule has 98 valence electrons. The van der Waals surface area contributed by atoms with Crippen LogP contribution in [0.1, 0.15) is 5.56 Å². The molecule has 0 spiro atoms. The number of nitrogens with zero attached hydrogens (tertiary/aromatic N) is 3. The topological polar surface area (TPSA) is 104 Å². The lowest BCUT2D eigenvalue weighted by Gasteiger charge is -2.08. The summed E-state index contributed by atoms with van der Waals surface area (Å²) in [5, 5.41) is 10.9. The summed E-state index contributed by atoms with van der Waals surface area (Å²) >= 11 is 3.32. The molecule has 0 unspecified atom stereocenters. The SMILES string of the molecule is Cc1ccc(Oc2ncnc(N)c2[N+](=O)[O-])c(Br)c1. The molecule has 1 aromatic heterocycles. The summed E-state index contributed by atoms with van der Waals surface area (Å²) in [7, 11) is 0. The van der Waals surface area contributed by atoms with Crippen LogP contribution in [0.4, 0.5) is 11.5 Å². The fourth-order valence-electron chi connectivity index (χ4n) is 1.41. The first kappa shape index (κ1) is 13.2. The van der Waals surface area contributed by atoms with Gasteiger partial charge in [-0.2, -0.15) is 4.98 Å². The third-order valence-corrected chi connectivity index (χ3v) is 2.91. The van der Waals surface area contributed by atoms with Gasteiger partial charge in [-0.15, -0.1) is 0 Å². The van der Waals surface area contributed by atoms with E-state index < -0.39 is 10.6 Å². The maximum absolute atomic E-state index is 10.9. The number of nitrogens with two attached hydrogens (primary N) is 1. The van der Waals surface area contributed by atoms with Crippen molar-refractivity contribution in [3.8, 4) is 11.6 Å². The normalized spacial score (nSPS) is 10.2. The van der Waals surface area contributed by atoms with E-state index in [4.69, 9.17) is 10.5 Å². The van der Waals surface area contributed by atoms with Gasteiger partial charge in [0, 0.05) is 0 Å². The Hall–Kier alpha value is -2.22. The summed E-state index contributed by atoms with van der Waals surface area (Å²) < 4.78 is 6.08. The number of nitrogen functional groups attached to an aromatic ring is 1. The van der Waals surface area contributed by atoms with Crippen molar-refractivity contribution < 1.29 is 9.66 Å². The van der Waals surface area contributed by atoms with E-state index >= 15 is 0 Å². The molecule has 0 aliphatic rings. The number of hydrogen-bond donors (Lipinski definition) is 1. The maximum Gasteiger partial charge on any atom is 0.372 e. The van der Waals surface area contributed by atoms with Crippen molar-refractivity contribution in [2.24, 2.45) is 0 Å². The van der Waals surface area contributed by atoms with E-state index in [-0.39, 0.29) is 11.7 Å². The molecule has 0 saturated carbocycles. The molecule has 0 aliphatic carbocycles. The number of anilines is 1. The molecule has 7 nitrogen and oxygen atoms in total. The van der Waals surface area contributed by atoms with E-state index in [9.17, 15) is 10.1 Å². The molecule has 19 heavy (non-hydrogen) atoms. The fourth-order valence-corrected chi connectivity index (χ4v) is 1.99. The Bertz CT molecular complexity index is 648. The Morgan fingerprint density at radius 2 is 2.16 bits per heavy atom. The highest BCUT2D eigenvalue weighted by Crippen LogP contribution is 2.35. The fraction of sp³-hybridized carbons (Fsp3) is 0.0909. The smallest absolute Gasteiger partial charge is 0.372 e. The minimum absolute atomic E-state index is 0.193. The lowest BCUT2D eigenvalue weighted by molar-refractivity contribution is -0.385. The molecule has 2 rings (SSSR count). The number of aryl methyl sites for hydroxylation is 1. The van der Waals surface area contributed by atoms with Crippen molar-refractivity contribution in [1.82, 2.24) is 9.97 Å². The van der Waals surface area contributed by atoms with Crippen LogP contribution in [0, 0.1) is 17.0 Å². The third-order valence-electron chi connectivity index (χ3n) is 2.29. The molecule has 2 aromatic rings. The predicted molar refractivity (Wildman–Crippen MR) is 72.1 cm³/mol. The monoisotopic (exact) mass is 324 g/mol. The maximum atomic E-state index is 10.9. The molecular weight excluding hydrogens is 316 g/mol. The minimum Gasteiger partial charge on any atom is -0.432 e. The largest absolute Gasteiger partial charge is 0.432 e. The first-order valence-corrected chi connectivity index (χ1v) is 5.97. The van der Waals surface area contributed by atoms with Gasteiger partial charge in [0.15, 0.2) is 0 Å². The van der Waals surface area contributed by atoms with Crippen molar-refractivity contribution in [3.05, 3.63) is 44.7 Å². The Kier molecular flexibility index (Phi) is 3.61. The van der Waals surface area contributed by atoms with Crippen LogP contribution in [-0.4, -0.2) is 14.9 Å². The van der Waals surface area contributed by atoms with Gasteiger partial charge >= 0.3 is 11.6 Å². The molecule has 8 heteroatoms. The predicted octanol–water partition coefficient (Wildman–Crippen LogP) is 2.83. The van der Waals surface area contributed by atoms with Gasteiger partial charge in [-0.1, -0.05) is 6.07 Å². The second-order valence-corrected chi connectivity index (χ2v) is 4.56. The summed E-state index contributed by atoms with van der Waals surface area (Å²) in [5.41, 5.74) is 6.03. The van der Waals surface area contributed by atoms with E-state index in [0.717, 1.165) is 11.9 Å². The van der Waals surface area contributed by atoms with Crippen LogP contribution >= 0.6 is 15.9 Å². The molecular formula is C11H9BrN4O3. The average molecular weight is 325 g/mol. The van der Waals surface area contributed by atoms with Crippen molar-refractivity contribution in [1.29, 1.82) is 0 Å². The highest BCUT2D eigenvalue weighted by Gasteiger charge is 2.23. The van der Waals surface area contributed by atoms with E-state index in [1.807, 2.05) is 19.1 Å². The number of rotatable bonds is 3. The highest BCUT2D eigenvalue weighted by molar-refractivity contribution is 9.10. The number of nitro groups is 1. The molecule has 0 saturated heterocycles. The van der Waals surface area contributed by atoms with Gasteiger partial charge < -0.3 is 10.5 Å². The van der Waals surface area contributed by atoms with E-state index in [1.54, 1.807) is 6.07 Å². The lowest BCUT2D eigenvalue weighted by Crippen LogP contribution is -2.02. The quantitative estimate of drug-likeness (QED) is 0.687. The van der Waals surface area contributed by atoms with Gasteiger partial charge in [0.05, 0.1) is 9.40 Å². The molecule has 0 fully saturated rings. The zero-order valence-corrected chi connectivity index (χ0v) is 11.4. The number of aromatic nitrogens is 2. The first-order valence-electron chi connectivity index (χ1n) is 5.18. The average Bonchev–Trinajstić information content (AvgIpc) is 2.32. The zero-order valence-electron chi connectivity index (χ0n) is 9.83. The van der Waals surface area contributed by atoms with Crippen molar-refractivity contribution in [2.45, 2.75) is 6.92 Å². The van der Waals surface area contributed by atoms with Gasteiger partial charge in [0.2, 0.25) is 5.82 Å². The van der Waals surface area contributed by atoms with E-state index in [0.29, 0.717) is 10.2 Å². The van der Waals surface area contributed by atoms with Crippen molar-refractivity contribution in [3.63, 3.8) is 0 Å². The minimum atomic E-state index is -0.674. The summed E-state index contributed by atoms with van der Waals surface area (Å²) in [6, 6.07) is 5.32. The Labute approximate surface area is 116 Å². The van der Waals surface area contributed by atoms with Gasteiger partial charge in [-0.05, 0) is 40.5 Å². The van der Waals surface area contributed by atoms with E-state index in [2.05, 4.69) is 25.9 Å². The van der Waals surface area contributed by atoms with Crippen LogP contribution < -0.4 is 10.5 Å². The summed E-state index contributed by atoms with van der Waals surface area (Å²) in [6.07, 6.45) is 1.11. The van der Waals surface area contributed by atoms with Crippen molar-refractivity contribution >= 4 is 27.4 Å². The summed E-state index contributed by atoms with van der Waals surface area (Å²) in [4.78, 5) is 17.6. The molecule has 0 aliphatic heterocycles. The molecule has 1 heterocycles. The molecule has 0 bridgehead atoms. The Balaban J connectivity index is 2.44. The standard InChI is InChI=1S/C11H9BrN4O3/c1-6-2-3-8(7(12)4-6)19-11-9(16(17)18)10(13)14-5-15-11/h2-5H,1H3,(H2,13,14,15). The zero-order chi connectivity index (χ0) is 14.0. The lowest BCUT2D eigenvalue weighted by atomic mass is 10.2. The van der Waals surface area contributed by atoms with Crippen LogP contribution in [0.15, 0.2) is 29.0 Å². The van der Waals surface area contributed by atoms with Crippen LogP contribution in [-0.2, 0) is 0 Å². The second kappa shape index (κ2) is 5.19. The molecule has 0 amide bonds. The summed E-state index contributed by atoms with van der Waals surface area (Å²) in [6.45, 7) is 1.92. The van der Waals surface area contributed by atoms with Gasteiger partial charge in [-0.3, -0.25) is 10.1 Å². The molecule has 0 radical (unpaired) electrons. The molecule has 1 aromatic carbocycles. The van der Waals surface area contributed by atoms with Crippen molar-refractivity contribution in [2.75, 3.05) is 5.73 Å². The van der Waals surface area contributed by atoms with Crippen LogP contribution in [0.25, 0.3) is 0 Å². The number of benzene rings is 1. The Morgan fingerprint density at radius 1 is 1.42 bits per heavy atom. The number of halogens is 1. The Morgan fingerprint density at radius 3 is 2.79 bits per heavy atom. The van der Waals surface area contributed by atoms with Gasteiger partial charge in [-0.25, -0.2) is 4.98 Å². The van der Waals surface area contributed by atoms with Gasteiger partial charge in [0.1, 0.15) is 12.1 Å². The number of hydrogen-bond acceptors (Lipinski definition) is 6. The second-order valence-electron chi connectivity index (χ2n) is 3.71. The number of ether oxygens (including phenoxy) is 1. The highest BCUT2D eigenvalue weighted by atomic mass is 79.9. The van der Waals surface area contributed by atoms with Crippen LogP contribution in [0.5, 0.6) is 11.6 Å². The van der Waals surface area contributed by atoms with Crippen LogP contribution in [0.3, 0.4) is 0 Å².